The highest BCUT2D eigenvalue weighted by Gasteiger charge is 2.21. The third-order valence-electron chi connectivity index (χ3n) is 6.42. The average Bonchev–Trinajstić information content (AvgIpc) is 3.17. The Morgan fingerprint density at radius 3 is 2.75 bits per heavy atom. The molecule has 1 aliphatic heterocycles. The van der Waals surface area contributed by atoms with Crippen LogP contribution in [-0.2, 0) is 10.0 Å². The minimum Gasteiger partial charge on any atom is -0.301 e. The molecule has 4 rings (SSSR count). The van der Waals surface area contributed by atoms with Gasteiger partial charge in [-0.3, -0.25) is 0 Å². The molecule has 0 bridgehead atoms. The average molecular weight is 456 g/mol. The van der Waals surface area contributed by atoms with Crippen LogP contribution in [0.4, 0.5) is 0 Å². The molecular formula is C24H33N5O2S. The van der Waals surface area contributed by atoms with Gasteiger partial charge in [0.1, 0.15) is 0 Å². The molecule has 0 spiro atoms. The SMILES string of the molecule is Cc1cc(C)n2ncc(-c3ccc(C)c(S(=O)(=O)NCCCN4CCCCC4C)c3)c2n1. The lowest BCUT2D eigenvalue weighted by molar-refractivity contribution is 0.159. The number of rotatable bonds is 7. The van der Waals surface area contributed by atoms with E-state index in [0.29, 0.717) is 17.5 Å². The topological polar surface area (TPSA) is 79.6 Å². The largest absolute Gasteiger partial charge is 0.301 e. The van der Waals surface area contributed by atoms with Crippen LogP contribution in [0.25, 0.3) is 16.8 Å². The summed E-state index contributed by atoms with van der Waals surface area (Å²) >= 11 is 0. The maximum absolute atomic E-state index is 13.1. The number of aryl methyl sites for hydroxylation is 3. The molecule has 0 aliphatic carbocycles. The van der Waals surface area contributed by atoms with Crippen LogP contribution < -0.4 is 4.72 Å². The molecule has 1 aliphatic rings. The molecule has 1 fully saturated rings. The van der Waals surface area contributed by atoms with Crippen molar-refractivity contribution in [3.63, 3.8) is 0 Å². The van der Waals surface area contributed by atoms with E-state index in [1.807, 2.05) is 39.0 Å². The number of nitrogens with one attached hydrogen (secondary N) is 1. The Morgan fingerprint density at radius 1 is 1.16 bits per heavy atom. The predicted molar refractivity (Wildman–Crippen MR) is 127 cm³/mol. The Labute approximate surface area is 190 Å². The van der Waals surface area contributed by atoms with Crippen LogP contribution in [0.1, 0.15) is 49.6 Å². The smallest absolute Gasteiger partial charge is 0.240 e. The molecule has 3 heterocycles. The molecule has 1 unspecified atom stereocenters. The number of benzene rings is 1. The summed E-state index contributed by atoms with van der Waals surface area (Å²) in [6.07, 6.45) is 6.32. The first kappa shape index (κ1) is 22.9. The first-order chi connectivity index (χ1) is 15.3. The number of likely N-dealkylation sites (tertiary alicyclic amines) is 1. The predicted octanol–water partition coefficient (Wildman–Crippen LogP) is 3.86. The first-order valence-corrected chi connectivity index (χ1v) is 12.9. The number of sulfonamides is 1. The minimum atomic E-state index is -3.61. The van der Waals surface area contributed by atoms with Crippen molar-refractivity contribution in [1.82, 2.24) is 24.2 Å². The second kappa shape index (κ2) is 9.29. The Kier molecular flexibility index (Phi) is 6.65. The van der Waals surface area contributed by atoms with E-state index in [4.69, 9.17) is 0 Å². The van der Waals surface area contributed by atoms with Crippen molar-refractivity contribution in [3.8, 4) is 11.1 Å². The fourth-order valence-corrected chi connectivity index (χ4v) is 5.93. The van der Waals surface area contributed by atoms with Crippen molar-refractivity contribution < 1.29 is 8.42 Å². The van der Waals surface area contributed by atoms with Crippen LogP contribution in [0.15, 0.2) is 35.4 Å². The number of nitrogens with zero attached hydrogens (tertiary/aromatic N) is 4. The van der Waals surface area contributed by atoms with Crippen LogP contribution in [-0.4, -0.2) is 53.6 Å². The van der Waals surface area contributed by atoms with Gasteiger partial charge in [0.15, 0.2) is 5.65 Å². The normalized spacial score (nSPS) is 17.8. The van der Waals surface area contributed by atoms with Gasteiger partial charge in [-0.15, -0.1) is 0 Å². The maximum Gasteiger partial charge on any atom is 0.240 e. The number of hydrogen-bond donors (Lipinski definition) is 1. The molecule has 32 heavy (non-hydrogen) atoms. The van der Waals surface area contributed by atoms with Gasteiger partial charge < -0.3 is 4.90 Å². The van der Waals surface area contributed by atoms with Crippen molar-refractivity contribution in [3.05, 3.63) is 47.4 Å². The van der Waals surface area contributed by atoms with Crippen LogP contribution >= 0.6 is 0 Å². The van der Waals surface area contributed by atoms with Gasteiger partial charge in [-0.1, -0.05) is 18.6 Å². The van der Waals surface area contributed by atoms with Crippen molar-refractivity contribution in [2.24, 2.45) is 0 Å². The molecule has 172 valence electrons. The fraction of sp³-hybridized carbons (Fsp3) is 0.500. The second-order valence-corrected chi connectivity index (χ2v) is 10.7. The van der Waals surface area contributed by atoms with Gasteiger partial charge in [-0.25, -0.2) is 22.6 Å². The lowest BCUT2D eigenvalue weighted by atomic mass is 10.0. The van der Waals surface area contributed by atoms with Crippen molar-refractivity contribution in [2.45, 2.75) is 64.3 Å². The third kappa shape index (κ3) is 4.72. The molecule has 2 aromatic heterocycles. The monoisotopic (exact) mass is 455 g/mol. The summed E-state index contributed by atoms with van der Waals surface area (Å²) in [4.78, 5) is 7.40. The Morgan fingerprint density at radius 2 is 1.97 bits per heavy atom. The molecule has 3 aromatic rings. The first-order valence-electron chi connectivity index (χ1n) is 11.4. The summed E-state index contributed by atoms with van der Waals surface area (Å²) in [5.74, 6) is 0. The molecule has 0 amide bonds. The van der Waals surface area contributed by atoms with Gasteiger partial charge in [-0.05, 0) is 83.3 Å². The Hall–Kier alpha value is -2.29. The highest BCUT2D eigenvalue weighted by molar-refractivity contribution is 7.89. The van der Waals surface area contributed by atoms with Crippen LogP contribution in [0.2, 0.25) is 0 Å². The van der Waals surface area contributed by atoms with Gasteiger partial charge in [0.2, 0.25) is 10.0 Å². The highest BCUT2D eigenvalue weighted by Crippen LogP contribution is 2.28. The van der Waals surface area contributed by atoms with Gasteiger partial charge in [-0.2, -0.15) is 5.10 Å². The number of piperidine rings is 1. The van der Waals surface area contributed by atoms with E-state index in [0.717, 1.165) is 53.2 Å². The Balaban J connectivity index is 1.52. The maximum atomic E-state index is 13.1. The fourth-order valence-electron chi connectivity index (χ4n) is 4.59. The molecule has 7 nitrogen and oxygen atoms in total. The molecule has 8 heteroatoms. The molecule has 1 atom stereocenters. The molecule has 0 radical (unpaired) electrons. The van der Waals surface area contributed by atoms with Crippen LogP contribution in [0, 0.1) is 20.8 Å². The van der Waals surface area contributed by atoms with Gasteiger partial charge in [0, 0.05) is 29.5 Å². The molecule has 1 aromatic carbocycles. The third-order valence-corrected chi connectivity index (χ3v) is 8.02. The summed E-state index contributed by atoms with van der Waals surface area (Å²) < 4.78 is 30.8. The van der Waals surface area contributed by atoms with Crippen LogP contribution in [0.3, 0.4) is 0 Å². The minimum absolute atomic E-state index is 0.310. The van der Waals surface area contributed by atoms with Crippen molar-refractivity contribution in [2.75, 3.05) is 19.6 Å². The molecular weight excluding hydrogens is 422 g/mol. The van der Waals surface area contributed by atoms with E-state index in [2.05, 4.69) is 26.6 Å². The van der Waals surface area contributed by atoms with E-state index in [1.54, 1.807) is 16.8 Å². The summed E-state index contributed by atoms with van der Waals surface area (Å²) in [5.41, 5.74) is 4.98. The van der Waals surface area contributed by atoms with Crippen molar-refractivity contribution >= 4 is 15.7 Å². The lowest BCUT2D eigenvalue weighted by Gasteiger charge is -2.33. The summed E-state index contributed by atoms with van der Waals surface area (Å²) in [5, 5.41) is 4.45. The highest BCUT2D eigenvalue weighted by atomic mass is 32.2. The Bertz CT molecular complexity index is 1220. The summed E-state index contributed by atoms with van der Waals surface area (Å²) in [6, 6.07) is 8.09. The zero-order chi connectivity index (χ0) is 22.9. The molecule has 0 saturated carbocycles. The lowest BCUT2D eigenvalue weighted by Crippen LogP contribution is -2.39. The van der Waals surface area contributed by atoms with Crippen LogP contribution in [0.5, 0.6) is 0 Å². The zero-order valence-electron chi connectivity index (χ0n) is 19.4. The zero-order valence-corrected chi connectivity index (χ0v) is 20.2. The van der Waals surface area contributed by atoms with Crippen molar-refractivity contribution in [1.29, 1.82) is 0 Å². The van der Waals surface area contributed by atoms with Gasteiger partial charge in [0.05, 0.1) is 11.1 Å². The van der Waals surface area contributed by atoms with E-state index in [1.165, 1.54) is 19.3 Å². The quantitative estimate of drug-likeness (QED) is 0.547. The molecule has 1 saturated heterocycles. The van der Waals surface area contributed by atoms with E-state index < -0.39 is 10.0 Å². The standard InChI is InChI=1S/C24H33N5O2S/c1-17-9-10-21(22-16-25-29-20(4)14-18(2)27-24(22)29)15-23(17)32(30,31)26-11-7-13-28-12-6-5-8-19(28)3/h9-10,14-16,19,26H,5-8,11-13H2,1-4H3. The van der Waals surface area contributed by atoms with E-state index >= 15 is 0 Å². The van der Waals surface area contributed by atoms with Gasteiger partial charge in [0.25, 0.3) is 0 Å². The van der Waals surface area contributed by atoms with Gasteiger partial charge >= 0.3 is 0 Å². The molecule has 1 N–H and O–H groups in total. The summed E-state index contributed by atoms with van der Waals surface area (Å²) in [6.45, 7) is 10.5. The number of aromatic nitrogens is 3. The number of fused-ring (bicyclic) bond motifs is 1. The number of hydrogen-bond acceptors (Lipinski definition) is 5. The van der Waals surface area contributed by atoms with E-state index in [-0.39, 0.29) is 0 Å². The van der Waals surface area contributed by atoms with E-state index in [9.17, 15) is 8.42 Å². The second-order valence-electron chi connectivity index (χ2n) is 8.94. The summed E-state index contributed by atoms with van der Waals surface area (Å²) in [7, 11) is -3.61.